The van der Waals surface area contributed by atoms with Gasteiger partial charge in [-0.1, -0.05) is 41.4 Å². The van der Waals surface area contributed by atoms with Crippen molar-refractivity contribution in [1.82, 2.24) is 34.9 Å². The molecule has 0 unspecified atom stereocenters. The molecule has 9 rings (SSSR count). The van der Waals surface area contributed by atoms with Gasteiger partial charge in [0.15, 0.2) is 5.82 Å². The average Bonchev–Trinajstić information content (AvgIpc) is 4.13. The summed E-state index contributed by atoms with van der Waals surface area (Å²) in [6, 6.07) is 15.4. The van der Waals surface area contributed by atoms with Gasteiger partial charge in [0.1, 0.15) is 16.8 Å². The molecule has 3 aromatic heterocycles. The maximum Gasteiger partial charge on any atom is 0.270 e. The molecule has 0 saturated heterocycles. The molecule has 0 bridgehead atoms. The Labute approximate surface area is 325 Å². The Hall–Kier alpha value is -5.58. The molecule has 15 heteroatoms. The van der Waals surface area contributed by atoms with Crippen molar-refractivity contribution in [1.29, 1.82) is 5.26 Å². The van der Waals surface area contributed by atoms with Crippen LogP contribution in [0.3, 0.4) is 0 Å². The topological polar surface area (TPSA) is 151 Å². The van der Waals surface area contributed by atoms with E-state index in [1.165, 1.54) is 27.8 Å². The Balaban J connectivity index is 0.982. The predicted octanol–water partition coefficient (Wildman–Crippen LogP) is 6.58. The van der Waals surface area contributed by atoms with Crippen LogP contribution in [0.2, 0.25) is 10.0 Å². The molecule has 2 aromatic carbocycles. The standard InChI is InChI=1S/C40H34Cl2FN9O3/c1-38(17-22-3-5-23(18-44)6-4-22)36(55)51(26-15-28(41)32(43)29(42)16-26)37-46-20-30(52(37)38)34(53)47-40(13-14-40)35(54)48-39(11-12-39)31-10-9-25(19-45-31)27-21-50(2)49-33(27)24-7-8-24/h3-6,9-10,15-16,19-21,24H,7-8,11-14,17H2,1-2H3,(H,47,53)(H,48,54)/t38-/m1/s1. The summed E-state index contributed by atoms with van der Waals surface area (Å²) in [5, 5.41) is 19.6. The number of hydrogen-bond acceptors (Lipinski definition) is 7. The molecule has 1 aliphatic heterocycles. The summed E-state index contributed by atoms with van der Waals surface area (Å²) in [6.07, 6.45) is 9.90. The third-order valence-electron chi connectivity index (χ3n) is 11.2. The number of pyridine rings is 1. The number of hydrogen-bond donors (Lipinski definition) is 2. The molecule has 12 nitrogen and oxygen atoms in total. The number of imidazole rings is 1. The summed E-state index contributed by atoms with van der Waals surface area (Å²) >= 11 is 12.3. The Bertz CT molecular complexity index is 2450. The van der Waals surface area contributed by atoms with Crippen LogP contribution in [-0.4, -0.2) is 47.6 Å². The van der Waals surface area contributed by atoms with E-state index in [2.05, 4.69) is 26.8 Å². The van der Waals surface area contributed by atoms with E-state index in [4.69, 9.17) is 28.2 Å². The summed E-state index contributed by atoms with van der Waals surface area (Å²) in [7, 11) is 1.92. The van der Waals surface area contributed by atoms with Crippen molar-refractivity contribution < 1.29 is 18.8 Å². The summed E-state index contributed by atoms with van der Waals surface area (Å²) in [5.74, 6) is -1.60. The Morgan fingerprint density at radius 3 is 2.31 bits per heavy atom. The van der Waals surface area contributed by atoms with Crippen LogP contribution < -0.4 is 15.5 Å². The lowest BCUT2D eigenvalue weighted by molar-refractivity contribution is -0.125. The highest BCUT2D eigenvalue weighted by molar-refractivity contribution is 6.35. The van der Waals surface area contributed by atoms with Crippen LogP contribution in [0.25, 0.3) is 11.1 Å². The highest BCUT2D eigenvalue weighted by Crippen LogP contribution is 2.49. The number of fused-ring (bicyclic) bond motifs is 1. The fourth-order valence-electron chi connectivity index (χ4n) is 7.67. The summed E-state index contributed by atoms with van der Waals surface area (Å²) in [4.78, 5) is 53.2. The van der Waals surface area contributed by atoms with Gasteiger partial charge < -0.3 is 10.6 Å². The highest BCUT2D eigenvalue weighted by Gasteiger charge is 2.57. The molecule has 3 saturated carbocycles. The summed E-state index contributed by atoms with van der Waals surface area (Å²) in [5.41, 5.74) is 2.10. The van der Waals surface area contributed by atoms with Crippen molar-refractivity contribution >= 4 is 52.6 Å². The van der Waals surface area contributed by atoms with Gasteiger partial charge in [-0.2, -0.15) is 10.4 Å². The molecule has 278 valence electrons. The number of carbonyl (C=O) groups is 3. The van der Waals surface area contributed by atoms with Crippen molar-refractivity contribution in [2.75, 3.05) is 4.90 Å². The molecule has 0 radical (unpaired) electrons. The maximum atomic E-state index is 14.5. The number of halogens is 3. The number of aromatic nitrogens is 5. The molecule has 4 aliphatic rings. The van der Waals surface area contributed by atoms with Crippen LogP contribution >= 0.6 is 23.2 Å². The number of amides is 3. The zero-order valence-electron chi connectivity index (χ0n) is 29.9. The number of aryl methyl sites for hydroxylation is 1. The lowest BCUT2D eigenvalue weighted by Crippen LogP contribution is -2.52. The molecule has 3 aliphatic carbocycles. The number of nitrogens with one attached hydrogen (secondary N) is 2. The van der Waals surface area contributed by atoms with Gasteiger partial charge in [-0.05, 0) is 81.3 Å². The van der Waals surface area contributed by atoms with Crippen LogP contribution in [-0.2, 0) is 34.1 Å². The molecule has 55 heavy (non-hydrogen) atoms. The largest absolute Gasteiger partial charge is 0.343 e. The fraction of sp³-hybridized carbons (Fsp3) is 0.325. The van der Waals surface area contributed by atoms with E-state index in [0.29, 0.717) is 37.2 Å². The molecule has 5 aromatic rings. The lowest BCUT2D eigenvalue weighted by atomic mass is 9.91. The van der Waals surface area contributed by atoms with E-state index < -0.39 is 34.2 Å². The fourth-order valence-corrected chi connectivity index (χ4v) is 8.15. The van der Waals surface area contributed by atoms with Crippen LogP contribution in [0, 0.1) is 17.1 Å². The third-order valence-corrected chi connectivity index (χ3v) is 11.8. The molecule has 3 amide bonds. The van der Waals surface area contributed by atoms with Crippen molar-refractivity contribution in [2.24, 2.45) is 7.05 Å². The smallest absolute Gasteiger partial charge is 0.270 e. The highest BCUT2D eigenvalue weighted by atomic mass is 35.5. The van der Waals surface area contributed by atoms with E-state index in [-0.39, 0.29) is 39.7 Å². The first kappa shape index (κ1) is 35.1. The minimum absolute atomic E-state index is 0.0553. The van der Waals surface area contributed by atoms with Crippen LogP contribution in [0.15, 0.2) is 67.1 Å². The van der Waals surface area contributed by atoms with E-state index in [0.717, 1.165) is 40.9 Å². The first-order valence-corrected chi connectivity index (χ1v) is 18.8. The normalized spacial score (nSPS) is 20.1. The number of rotatable bonds is 10. The average molecular weight is 779 g/mol. The number of nitrogens with zero attached hydrogens (tertiary/aromatic N) is 7. The van der Waals surface area contributed by atoms with Gasteiger partial charge in [-0.25, -0.2) is 14.3 Å². The Kier molecular flexibility index (Phi) is 7.97. The number of carbonyl (C=O) groups excluding carboxylic acids is 3. The molecule has 2 N–H and O–H groups in total. The number of anilines is 2. The number of nitriles is 1. The zero-order chi connectivity index (χ0) is 38.4. The van der Waals surface area contributed by atoms with E-state index in [1.807, 2.05) is 36.3 Å². The second-order valence-electron chi connectivity index (χ2n) is 15.3. The molecule has 0 spiro atoms. The van der Waals surface area contributed by atoms with Crippen LogP contribution in [0.1, 0.15) is 84.4 Å². The summed E-state index contributed by atoms with van der Waals surface area (Å²) < 4.78 is 17.8. The van der Waals surface area contributed by atoms with Crippen LogP contribution in [0.4, 0.5) is 16.0 Å². The van der Waals surface area contributed by atoms with E-state index >= 15 is 0 Å². The quantitative estimate of drug-likeness (QED) is 0.152. The predicted molar refractivity (Wildman–Crippen MR) is 201 cm³/mol. The van der Waals surface area contributed by atoms with Gasteiger partial charge in [-0.3, -0.25) is 28.6 Å². The Morgan fingerprint density at radius 1 is 1.00 bits per heavy atom. The van der Waals surface area contributed by atoms with Gasteiger partial charge >= 0.3 is 0 Å². The first-order chi connectivity index (χ1) is 26.3. The van der Waals surface area contributed by atoms with Gasteiger partial charge in [0.25, 0.3) is 11.8 Å². The van der Waals surface area contributed by atoms with Crippen molar-refractivity contribution in [3.63, 3.8) is 0 Å². The lowest BCUT2D eigenvalue weighted by Gasteiger charge is -2.27. The second-order valence-corrected chi connectivity index (χ2v) is 16.1. The molecular weight excluding hydrogens is 744 g/mol. The first-order valence-electron chi connectivity index (χ1n) is 18.1. The van der Waals surface area contributed by atoms with E-state index in [9.17, 15) is 24.0 Å². The summed E-state index contributed by atoms with van der Waals surface area (Å²) in [6.45, 7) is 1.68. The third kappa shape index (κ3) is 5.86. The van der Waals surface area contributed by atoms with Gasteiger partial charge in [0.2, 0.25) is 11.9 Å². The minimum Gasteiger partial charge on any atom is -0.343 e. The monoisotopic (exact) mass is 777 g/mol. The molecular formula is C40H34Cl2FN9O3. The zero-order valence-corrected chi connectivity index (χ0v) is 31.4. The minimum atomic E-state index is -1.41. The van der Waals surface area contributed by atoms with E-state index in [1.54, 1.807) is 31.2 Å². The Morgan fingerprint density at radius 2 is 1.71 bits per heavy atom. The second kappa shape index (κ2) is 12.5. The van der Waals surface area contributed by atoms with Crippen molar-refractivity contribution in [2.45, 2.75) is 74.4 Å². The van der Waals surface area contributed by atoms with Crippen molar-refractivity contribution in [3.05, 3.63) is 111 Å². The molecule has 4 heterocycles. The SMILES string of the molecule is Cn1cc(-c2ccc(C3(NC(=O)C4(NC(=O)c5cnc6n5[C@](C)(Cc5ccc(C#N)cc5)C(=O)N6c5cc(Cl)c(F)c(Cl)c5)CC4)CC3)nc2)c(C2CC2)n1. The van der Waals surface area contributed by atoms with Gasteiger partial charge in [0, 0.05) is 42.9 Å². The molecule has 1 atom stereocenters. The number of benzene rings is 2. The van der Waals surface area contributed by atoms with Crippen LogP contribution in [0.5, 0.6) is 0 Å². The van der Waals surface area contributed by atoms with Gasteiger partial charge in [-0.15, -0.1) is 0 Å². The van der Waals surface area contributed by atoms with Crippen molar-refractivity contribution in [3.8, 4) is 17.2 Å². The van der Waals surface area contributed by atoms with Gasteiger partial charge in [0.05, 0.1) is 50.5 Å². The molecule has 3 fully saturated rings. The maximum absolute atomic E-state index is 14.5.